The molecule has 4 rings (SSSR count). The molecular weight excluding hydrogens is 362 g/mol. The van der Waals surface area contributed by atoms with Crippen molar-refractivity contribution in [2.75, 3.05) is 7.11 Å². The number of ether oxygens (including phenoxy) is 1. The third-order valence-electron chi connectivity index (χ3n) is 10.5. The molecule has 3 N–H and O–H groups in total. The first-order chi connectivity index (χ1) is 13.7. The molecule has 4 nitrogen and oxygen atoms in total. The summed E-state index contributed by atoms with van der Waals surface area (Å²) in [5.74, 6) is 3.88. The van der Waals surface area contributed by atoms with Crippen molar-refractivity contribution in [1.29, 1.82) is 0 Å². The van der Waals surface area contributed by atoms with Gasteiger partial charge in [0.2, 0.25) is 0 Å². The quantitative estimate of drug-likeness (QED) is 0.674. The van der Waals surface area contributed by atoms with E-state index in [2.05, 4.69) is 20.8 Å². The van der Waals surface area contributed by atoms with Crippen LogP contribution in [0.3, 0.4) is 0 Å². The van der Waals surface area contributed by atoms with E-state index in [0.717, 1.165) is 37.5 Å². The minimum absolute atomic E-state index is 0.0759. The Bertz CT molecular complexity index is 623. The number of esters is 1. The van der Waals surface area contributed by atoms with Crippen LogP contribution in [0, 0.1) is 46.3 Å². The molecule has 10 atom stereocenters. The summed E-state index contributed by atoms with van der Waals surface area (Å²) in [6, 6.07) is 0.289. The number of hydrogen-bond donors (Lipinski definition) is 2. The Kier molecular flexibility index (Phi) is 5.83. The molecule has 0 aromatic rings. The fourth-order valence-corrected chi connectivity index (χ4v) is 8.92. The summed E-state index contributed by atoms with van der Waals surface area (Å²) in [5, 5.41) is 10.3. The Balaban J connectivity index is 1.53. The van der Waals surface area contributed by atoms with Crippen LogP contribution in [0.1, 0.15) is 85.0 Å². The van der Waals surface area contributed by atoms with Gasteiger partial charge in [0, 0.05) is 12.5 Å². The highest BCUT2D eigenvalue weighted by Gasteiger charge is 2.62. The van der Waals surface area contributed by atoms with Gasteiger partial charge in [-0.15, -0.1) is 0 Å². The van der Waals surface area contributed by atoms with Crippen molar-refractivity contribution in [2.24, 2.45) is 52.1 Å². The second-order valence-corrected chi connectivity index (χ2v) is 11.6. The maximum absolute atomic E-state index is 11.7. The van der Waals surface area contributed by atoms with Gasteiger partial charge in [-0.05, 0) is 104 Å². The number of aliphatic hydroxyl groups is 1. The zero-order chi connectivity index (χ0) is 21.0. The van der Waals surface area contributed by atoms with Gasteiger partial charge in [0.15, 0.2) is 0 Å². The lowest BCUT2D eigenvalue weighted by molar-refractivity contribution is -0.142. The number of rotatable bonds is 4. The number of carbonyl (C=O) groups is 1. The van der Waals surface area contributed by atoms with Crippen molar-refractivity contribution in [3.8, 4) is 0 Å². The van der Waals surface area contributed by atoms with Crippen molar-refractivity contribution >= 4 is 5.97 Å². The molecule has 4 aliphatic carbocycles. The van der Waals surface area contributed by atoms with Crippen LogP contribution in [0.5, 0.6) is 0 Å². The molecule has 0 aromatic heterocycles. The Morgan fingerprint density at radius 3 is 2.52 bits per heavy atom. The van der Waals surface area contributed by atoms with Gasteiger partial charge >= 0.3 is 5.97 Å². The van der Waals surface area contributed by atoms with Crippen molar-refractivity contribution in [3.63, 3.8) is 0 Å². The minimum atomic E-state index is -0.114. The van der Waals surface area contributed by atoms with Gasteiger partial charge in [0.25, 0.3) is 0 Å². The van der Waals surface area contributed by atoms with Crippen LogP contribution in [0.15, 0.2) is 0 Å². The van der Waals surface area contributed by atoms with Gasteiger partial charge in [-0.25, -0.2) is 0 Å². The smallest absolute Gasteiger partial charge is 0.305 e. The van der Waals surface area contributed by atoms with Gasteiger partial charge in [0.1, 0.15) is 0 Å². The molecule has 0 amide bonds. The van der Waals surface area contributed by atoms with E-state index in [9.17, 15) is 9.90 Å². The van der Waals surface area contributed by atoms with Crippen LogP contribution < -0.4 is 5.73 Å². The third-order valence-corrected chi connectivity index (χ3v) is 10.5. The van der Waals surface area contributed by atoms with Gasteiger partial charge in [0.05, 0.1) is 13.2 Å². The van der Waals surface area contributed by atoms with Gasteiger partial charge in [-0.1, -0.05) is 20.8 Å². The second-order valence-electron chi connectivity index (χ2n) is 11.6. The molecule has 4 heteroatoms. The first-order valence-electron chi connectivity index (χ1n) is 12.2. The maximum atomic E-state index is 11.7. The summed E-state index contributed by atoms with van der Waals surface area (Å²) >= 11 is 0. The van der Waals surface area contributed by atoms with E-state index in [1.807, 2.05) is 0 Å². The van der Waals surface area contributed by atoms with Crippen molar-refractivity contribution < 1.29 is 14.6 Å². The summed E-state index contributed by atoms with van der Waals surface area (Å²) in [4.78, 5) is 11.7. The second kappa shape index (κ2) is 7.82. The Morgan fingerprint density at radius 2 is 1.79 bits per heavy atom. The predicted molar refractivity (Wildman–Crippen MR) is 115 cm³/mol. The lowest BCUT2D eigenvalue weighted by atomic mass is 9.43. The zero-order valence-electron chi connectivity index (χ0n) is 19.0. The SMILES string of the molecule is COC(=O)CC[C@@H](C)[C@H]1CC[C@H]2C3[C@H](N)CC4C[C@H](O)CCC4(C)[C@H]3CCC12C. The standard InChI is InChI=1S/C25H43NO3/c1-15(5-8-22(28)29-4)18-6-7-19-23-20(10-12-25(18,19)3)24(2)11-9-17(27)13-16(24)14-21(23)26/h15-21,23,27H,5-14,26H2,1-4H3/t15-,16?,17-,18-,19+,20+,21-,23?,24?,25?/m1/s1. The number of fused-ring (bicyclic) bond motifs is 5. The number of carbonyl (C=O) groups excluding carboxylic acids is 1. The van der Waals surface area contributed by atoms with E-state index >= 15 is 0 Å². The van der Waals surface area contributed by atoms with Crippen molar-refractivity contribution in [1.82, 2.24) is 0 Å². The molecule has 0 radical (unpaired) electrons. The lowest BCUT2D eigenvalue weighted by Crippen LogP contribution is -2.60. The third kappa shape index (κ3) is 3.46. The number of aliphatic hydroxyl groups excluding tert-OH is 1. The Labute approximate surface area is 177 Å². The minimum Gasteiger partial charge on any atom is -0.469 e. The van der Waals surface area contributed by atoms with Crippen LogP contribution in [0.4, 0.5) is 0 Å². The van der Waals surface area contributed by atoms with Crippen LogP contribution >= 0.6 is 0 Å². The van der Waals surface area contributed by atoms with E-state index in [1.54, 1.807) is 0 Å². The van der Waals surface area contributed by atoms with Crippen LogP contribution in [0.25, 0.3) is 0 Å². The fourth-order valence-electron chi connectivity index (χ4n) is 8.92. The van der Waals surface area contributed by atoms with Crippen LogP contribution in [0.2, 0.25) is 0 Å². The highest BCUT2D eigenvalue weighted by molar-refractivity contribution is 5.69. The highest BCUT2D eigenvalue weighted by atomic mass is 16.5. The molecule has 4 aliphatic rings. The monoisotopic (exact) mass is 405 g/mol. The van der Waals surface area contributed by atoms with E-state index in [-0.39, 0.29) is 18.1 Å². The van der Waals surface area contributed by atoms with Gasteiger partial charge < -0.3 is 15.6 Å². The molecule has 0 heterocycles. The Morgan fingerprint density at radius 1 is 1.10 bits per heavy atom. The maximum Gasteiger partial charge on any atom is 0.305 e. The van der Waals surface area contributed by atoms with E-state index in [1.165, 1.54) is 39.2 Å². The molecule has 0 saturated heterocycles. The average Bonchev–Trinajstić information content (AvgIpc) is 3.04. The first kappa shape index (κ1) is 21.6. The first-order valence-corrected chi connectivity index (χ1v) is 12.2. The number of methoxy groups -OCH3 is 1. The molecule has 0 aliphatic heterocycles. The summed E-state index contributed by atoms with van der Waals surface area (Å²) < 4.78 is 4.88. The average molecular weight is 406 g/mol. The molecule has 0 spiro atoms. The summed E-state index contributed by atoms with van der Waals surface area (Å²) in [6.45, 7) is 7.43. The summed E-state index contributed by atoms with van der Waals surface area (Å²) in [6.07, 6.45) is 10.8. The Hall–Kier alpha value is -0.610. The largest absolute Gasteiger partial charge is 0.469 e. The summed E-state index contributed by atoms with van der Waals surface area (Å²) in [7, 11) is 1.49. The molecule has 4 saturated carbocycles. The zero-order valence-corrected chi connectivity index (χ0v) is 19.0. The predicted octanol–water partition coefficient (Wildman–Crippen LogP) is 4.53. The highest BCUT2D eigenvalue weighted by Crippen LogP contribution is 2.68. The van der Waals surface area contributed by atoms with Crippen molar-refractivity contribution in [2.45, 2.75) is 97.1 Å². The molecular formula is C25H43NO3. The topological polar surface area (TPSA) is 72.5 Å². The van der Waals surface area contributed by atoms with Gasteiger partial charge in [-0.2, -0.15) is 0 Å². The normalized spacial score (nSPS) is 50.2. The van der Waals surface area contributed by atoms with Crippen LogP contribution in [-0.2, 0) is 9.53 Å². The molecule has 4 fully saturated rings. The van der Waals surface area contributed by atoms with Crippen LogP contribution in [-0.4, -0.2) is 30.3 Å². The lowest BCUT2D eigenvalue weighted by Gasteiger charge is -2.63. The van der Waals surface area contributed by atoms with E-state index in [0.29, 0.717) is 40.9 Å². The molecule has 29 heavy (non-hydrogen) atoms. The molecule has 166 valence electrons. The number of nitrogens with two attached hydrogens (primary N) is 1. The summed E-state index contributed by atoms with van der Waals surface area (Å²) in [5.41, 5.74) is 7.65. The molecule has 4 unspecified atom stereocenters. The van der Waals surface area contributed by atoms with E-state index in [4.69, 9.17) is 10.5 Å². The van der Waals surface area contributed by atoms with E-state index < -0.39 is 0 Å². The molecule has 0 bridgehead atoms. The molecule has 0 aromatic carbocycles. The van der Waals surface area contributed by atoms with Crippen molar-refractivity contribution in [3.05, 3.63) is 0 Å². The fraction of sp³-hybridized carbons (Fsp3) is 0.960. The number of hydrogen-bond acceptors (Lipinski definition) is 4. The van der Waals surface area contributed by atoms with Gasteiger partial charge in [-0.3, -0.25) is 4.79 Å².